The van der Waals surface area contributed by atoms with Crippen molar-refractivity contribution in [1.82, 2.24) is 9.55 Å². The first-order valence-corrected chi connectivity index (χ1v) is 6.60. The lowest BCUT2D eigenvalue weighted by Gasteiger charge is -2.21. The minimum atomic E-state index is -0.326. The van der Waals surface area contributed by atoms with Crippen LogP contribution in [-0.2, 0) is 0 Å². The van der Waals surface area contributed by atoms with E-state index in [0.717, 1.165) is 5.69 Å². The van der Waals surface area contributed by atoms with Gasteiger partial charge in [0.15, 0.2) is 0 Å². The van der Waals surface area contributed by atoms with Gasteiger partial charge < -0.3 is 10.3 Å². The normalized spacial score (nSPS) is 12.9. The number of halogens is 2. The summed E-state index contributed by atoms with van der Waals surface area (Å²) < 4.78 is 15.2. The Labute approximate surface area is 117 Å². The Balaban J connectivity index is 2.52. The number of imidazole rings is 1. The van der Waals surface area contributed by atoms with Crippen molar-refractivity contribution >= 4 is 11.6 Å². The first kappa shape index (κ1) is 14.0. The lowest BCUT2D eigenvalue weighted by Crippen LogP contribution is -2.20. The number of benzene rings is 1. The minimum absolute atomic E-state index is 0.154. The van der Waals surface area contributed by atoms with Gasteiger partial charge in [0.05, 0.1) is 17.0 Å². The smallest absolute Gasteiger partial charge is 0.125 e. The van der Waals surface area contributed by atoms with Crippen molar-refractivity contribution in [3.05, 3.63) is 47.3 Å². The molecule has 3 nitrogen and oxygen atoms in total. The molecule has 0 radical (unpaired) electrons. The molecule has 2 aromatic rings. The third-order valence-electron chi connectivity index (χ3n) is 3.27. The highest BCUT2D eigenvalue weighted by molar-refractivity contribution is 6.32. The summed E-state index contributed by atoms with van der Waals surface area (Å²) in [5.41, 5.74) is 7.37. The highest BCUT2D eigenvalue weighted by Crippen LogP contribution is 2.28. The van der Waals surface area contributed by atoms with E-state index in [2.05, 4.69) is 18.8 Å². The molecule has 0 saturated heterocycles. The maximum absolute atomic E-state index is 13.4. The molecule has 1 aromatic carbocycles. The molecule has 0 amide bonds. The van der Waals surface area contributed by atoms with E-state index in [9.17, 15) is 4.39 Å². The lowest BCUT2D eigenvalue weighted by atomic mass is 9.93. The van der Waals surface area contributed by atoms with Crippen molar-refractivity contribution in [2.45, 2.75) is 19.8 Å². The summed E-state index contributed by atoms with van der Waals surface area (Å²) >= 11 is 6.14. The van der Waals surface area contributed by atoms with Crippen LogP contribution in [0.2, 0.25) is 5.02 Å². The third-order valence-corrected chi connectivity index (χ3v) is 3.59. The van der Waals surface area contributed by atoms with E-state index in [1.165, 1.54) is 12.1 Å². The van der Waals surface area contributed by atoms with Gasteiger partial charge in [-0.05, 0) is 24.1 Å². The Bertz CT molecular complexity index is 566. The molecular weight excluding hydrogens is 265 g/mol. The van der Waals surface area contributed by atoms with Crippen LogP contribution in [0.15, 0.2) is 30.7 Å². The topological polar surface area (TPSA) is 43.8 Å². The second kappa shape index (κ2) is 5.72. The predicted octanol–water partition coefficient (Wildman–Crippen LogP) is 3.36. The quantitative estimate of drug-likeness (QED) is 0.934. The van der Waals surface area contributed by atoms with Crippen LogP contribution in [-0.4, -0.2) is 16.1 Å². The Hall–Kier alpha value is -1.39. The zero-order valence-corrected chi connectivity index (χ0v) is 11.7. The van der Waals surface area contributed by atoms with Gasteiger partial charge in [0.25, 0.3) is 0 Å². The SMILES string of the molecule is CC(C)C(CN)c1cncn1-c1cc(F)ccc1Cl. The van der Waals surface area contributed by atoms with Crippen molar-refractivity contribution in [2.24, 2.45) is 11.7 Å². The van der Waals surface area contributed by atoms with Gasteiger partial charge >= 0.3 is 0 Å². The van der Waals surface area contributed by atoms with E-state index >= 15 is 0 Å². The van der Waals surface area contributed by atoms with Gasteiger partial charge in [0.2, 0.25) is 0 Å². The van der Waals surface area contributed by atoms with Crippen LogP contribution in [0, 0.1) is 11.7 Å². The van der Waals surface area contributed by atoms with Gasteiger partial charge in [-0.25, -0.2) is 9.37 Å². The van der Waals surface area contributed by atoms with Crippen molar-refractivity contribution < 1.29 is 4.39 Å². The molecule has 2 rings (SSSR count). The molecule has 19 heavy (non-hydrogen) atoms. The first-order valence-electron chi connectivity index (χ1n) is 6.22. The molecule has 1 aromatic heterocycles. The molecule has 0 saturated carbocycles. The van der Waals surface area contributed by atoms with Gasteiger partial charge in [-0.3, -0.25) is 0 Å². The van der Waals surface area contributed by atoms with Crippen LogP contribution < -0.4 is 5.73 Å². The summed E-state index contributed by atoms with van der Waals surface area (Å²) in [7, 11) is 0. The lowest BCUT2D eigenvalue weighted by molar-refractivity contribution is 0.489. The summed E-state index contributed by atoms with van der Waals surface area (Å²) in [6, 6.07) is 4.29. The second-order valence-corrected chi connectivity index (χ2v) is 5.28. The molecule has 1 unspecified atom stereocenters. The Morgan fingerprint density at radius 2 is 2.16 bits per heavy atom. The maximum atomic E-state index is 13.4. The molecule has 1 heterocycles. The zero-order valence-electron chi connectivity index (χ0n) is 11.0. The van der Waals surface area contributed by atoms with E-state index in [1.807, 2.05) is 4.57 Å². The number of nitrogens with zero attached hydrogens (tertiary/aromatic N) is 2. The van der Waals surface area contributed by atoms with Crippen LogP contribution >= 0.6 is 11.6 Å². The van der Waals surface area contributed by atoms with E-state index in [4.69, 9.17) is 17.3 Å². The van der Waals surface area contributed by atoms with Gasteiger partial charge in [0.1, 0.15) is 5.82 Å². The first-order chi connectivity index (χ1) is 9.04. The minimum Gasteiger partial charge on any atom is -0.330 e. The van der Waals surface area contributed by atoms with Gasteiger partial charge in [-0.1, -0.05) is 25.4 Å². The molecule has 1 atom stereocenters. The summed E-state index contributed by atoms with van der Waals surface area (Å²) in [6.45, 7) is 4.71. The van der Waals surface area contributed by atoms with Crippen LogP contribution in [0.25, 0.3) is 5.69 Å². The molecule has 0 aliphatic carbocycles. The van der Waals surface area contributed by atoms with Crippen LogP contribution in [0.1, 0.15) is 25.5 Å². The van der Waals surface area contributed by atoms with Crippen molar-refractivity contribution in [1.29, 1.82) is 0 Å². The third kappa shape index (κ3) is 2.80. The fourth-order valence-electron chi connectivity index (χ4n) is 2.19. The second-order valence-electron chi connectivity index (χ2n) is 4.87. The Morgan fingerprint density at radius 1 is 1.42 bits per heavy atom. The zero-order chi connectivity index (χ0) is 14.0. The largest absolute Gasteiger partial charge is 0.330 e. The van der Waals surface area contributed by atoms with E-state index in [1.54, 1.807) is 18.6 Å². The van der Waals surface area contributed by atoms with Crippen molar-refractivity contribution in [2.75, 3.05) is 6.54 Å². The van der Waals surface area contributed by atoms with E-state index < -0.39 is 0 Å². The highest BCUT2D eigenvalue weighted by Gasteiger charge is 2.20. The number of aromatic nitrogens is 2. The van der Waals surface area contributed by atoms with Gasteiger partial charge in [-0.15, -0.1) is 0 Å². The number of hydrogen-bond donors (Lipinski definition) is 1. The molecule has 0 spiro atoms. The molecule has 5 heteroatoms. The summed E-state index contributed by atoms with van der Waals surface area (Å²) in [5.74, 6) is 0.197. The molecule has 102 valence electrons. The predicted molar refractivity (Wildman–Crippen MR) is 75.2 cm³/mol. The standard InChI is InChI=1S/C14H17ClFN3/c1-9(2)11(6-17)14-7-18-8-19(14)13-5-10(16)3-4-12(13)15/h3-5,7-9,11H,6,17H2,1-2H3. The summed E-state index contributed by atoms with van der Waals surface area (Å²) in [6.07, 6.45) is 3.40. The number of rotatable bonds is 4. The fraction of sp³-hybridized carbons (Fsp3) is 0.357. The van der Waals surface area contributed by atoms with Crippen LogP contribution in [0.4, 0.5) is 4.39 Å². The van der Waals surface area contributed by atoms with E-state index in [-0.39, 0.29) is 11.7 Å². The average Bonchev–Trinajstić information content (AvgIpc) is 2.81. The van der Waals surface area contributed by atoms with Crippen molar-refractivity contribution in [3.63, 3.8) is 0 Å². The molecule has 0 bridgehead atoms. The molecule has 0 aliphatic rings. The summed E-state index contributed by atoms with van der Waals surface area (Å²) in [5, 5.41) is 0.486. The molecular formula is C14H17ClFN3. The Morgan fingerprint density at radius 3 is 2.79 bits per heavy atom. The fourth-order valence-corrected chi connectivity index (χ4v) is 2.39. The number of hydrogen-bond acceptors (Lipinski definition) is 2. The Kier molecular flexibility index (Phi) is 4.22. The highest BCUT2D eigenvalue weighted by atomic mass is 35.5. The number of nitrogens with two attached hydrogens (primary N) is 1. The monoisotopic (exact) mass is 281 g/mol. The van der Waals surface area contributed by atoms with E-state index in [0.29, 0.717) is 23.2 Å². The molecule has 0 aliphatic heterocycles. The molecule has 0 fully saturated rings. The van der Waals surface area contributed by atoms with Gasteiger partial charge in [-0.2, -0.15) is 0 Å². The average molecular weight is 282 g/mol. The summed E-state index contributed by atoms with van der Waals surface area (Å²) in [4.78, 5) is 4.15. The van der Waals surface area contributed by atoms with Gasteiger partial charge in [0, 0.05) is 24.4 Å². The van der Waals surface area contributed by atoms with Crippen LogP contribution in [0.5, 0.6) is 0 Å². The maximum Gasteiger partial charge on any atom is 0.125 e. The molecule has 2 N–H and O–H groups in total. The van der Waals surface area contributed by atoms with Crippen LogP contribution in [0.3, 0.4) is 0 Å². The van der Waals surface area contributed by atoms with Crippen molar-refractivity contribution in [3.8, 4) is 5.69 Å².